The summed E-state index contributed by atoms with van der Waals surface area (Å²) in [5.74, 6) is 0. The fraction of sp³-hybridized carbons (Fsp3) is 0. The van der Waals surface area contributed by atoms with Crippen LogP contribution in [0, 0.1) is 0 Å². The monoisotopic (exact) mass is 162 g/mol. The van der Waals surface area contributed by atoms with Crippen molar-refractivity contribution in [2.45, 2.75) is 0 Å². The van der Waals surface area contributed by atoms with Gasteiger partial charge >= 0.3 is 0 Å². The Hall–Kier alpha value is 2.13. The minimum atomic E-state index is 0. The summed E-state index contributed by atoms with van der Waals surface area (Å²) in [7, 11) is 0. The summed E-state index contributed by atoms with van der Waals surface area (Å²) < 4.78 is 0. The average Bonchev–Trinajstić information content (AvgIpc) is 1.00. The molecule has 0 bridgehead atoms. The second kappa shape index (κ2) is 19.3. The van der Waals surface area contributed by atoms with Crippen molar-refractivity contribution in [3.63, 3.8) is 0 Å². The van der Waals surface area contributed by atoms with Gasteiger partial charge in [0.15, 0.2) is 0 Å². The van der Waals surface area contributed by atoms with E-state index in [1.54, 1.807) is 0 Å². The summed E-state index contributed by atoms with van der Waals surface area (Å²) in [6.07, 6.45) is 0. The molecular weight excluding hydrogens is 160 g/mol. The van der Waals surface area contributed by atoms with Gasteiger partial charge in [-0.15, -0.1) is 23.3 Å². The Morgan fingerprint density at radius 2 is 0.750 bits per heavy atom. The Morgan fingerprint density at radius 3 is 0.750 bits per heavy atom. The molecule has 0 rings (SSSR count). The minimum absolute atomic E-state index is 0. The van der Waals surface area contributed by atoms with Crippen LogP contribution in [-0.2, 0) is 43.4 Å². The predicted molar refractivity (Wildman–Crippen MR) is 18.0 cm³/mol. The summed E-state index contributed by atoms with van der Waals surface area (Å²) in [4.78, 5) is 0. The minimum Gasteiger partial charge on any atom is -0.115 e. The van der Waals surface area contributed by atoms with Crippen molar-refractivity contribution in [3.05, 3.63) is 0 Å². The van der Waals surface area contributed by atoms with Gasteiger partial charge in [-0.1, -0.05) is 0 Å². The van der Waals surface area contributed by atoms with Crippen LogP contribution in [0.1, 0.15) is 0 Å². The molecule has 22 valence electrons. The fourth-order valence-electron chi connectivity index (χ4n) is 0. The average molecular weight is 162 g/mol. The molecule has 0 aliphatic carbocycles. The summed E-state index contributed by atoms with van der Waals surface area (Å²) in [5.41, 5.74) is 0. The van der Waals surface area contributed by atoms with E-state index in [0.29, 0.717) is 0 Å². The molecule has 0 atom stereocenters. The van der Waals surface area contributed by atoms with E-state index in [0.717, 1.165) is 0 Å². The summed E-state index contributed by atoms with van der Waals surface area (Å²) in [6.45, 7) is 0. The van der Waals surface area contributed by atoms with Crippen LogP contribution < -0.4 is 0 Å². The second-order valence-corrected chi connectivity index (χ2v) is 0. The SMILES string of the molecule is SS.[Ti].[Ti]. The van der Waals surface area contributed by atoms with Crippen LogP contribution >= 0.6 is 23.3 Å². The molecule has 0 heterocycles. The first kappa shape index (κ1) is 16.5. The Kier molecular flexibility index (Phi) is 79.4. The molecule has 0 saturated heterocycles. The Labute approximate surface area is 66.1 Å². The third kappa shape index (κ3) is 8.92. The van der Waals surface area contributed by atoms with E-state index >= 15 is 0 Å². The standard InChI is InChI=1S/H2S2.2Ti/c1-2;;/h1-2H;;. The Morgan fingerprint density at radius 1 is 0.750 bits per heavy atom. The van der Waals surface area contributed by atoms with Gasteiger partial charge in [-0.3, -0.25) is 0 Å². The first-order valence-electron chi connectivity index (χ1n) is 0.200. The van der Waals surface area contributed by atoms with Crippen LogP contribution in [0.2, 0.25) is 0 Å². The van der Waals surface area contributed by atoms with Gasteiger partial charge in [-0.05, 0) is 0 Å². The van der Waals surface area contributed by atoms with E-state index in [1.165, 1.54) is 0 Å². The molecule has 0 nitrogen and oxygen atoms in total. The quantitative estimate of drug-likeness (QED) is 0.293. The van der Waals surface area contributed by atoms with Crippen molar-refractivity contribution in [2.75, 3.05) is 0 Å². The van der Waals surface area contributed by atoms with E-state index in [9.17, 15) is 0 Å². The number of hydrogen-bond donors (Lipinski definition) is 2. The first-order valence-corrected chi connectivity index (χ1v) is 1.80. The van der Waals surface area contributed by atoms with E-state index < -0.39 is 0 Å². The van der Waals surface area contributed by atoms with Crippen LogP contribution in [-0.4, -0.2) is 0 Å². The fourth-order valence-corrected chi connectivity index (χ4v) is 0. The van der Waals surface area contributed by atoms with Gasteiger partial charge in [0, 0.05) is 43.4 Å². The molecule has 4 heavy (non-hydrogen) atoms. The molecule has 0 aromatic heterocycles. The van der Waals surface area contributed by atoms with Gasteiger partial charge in [0.1, 0.15) is 0 Å². The van der Waals surface area contributed by atoms with Crippen molar-refractivity contribution in [2.24, 2.45) is 0 Å². The number of rotatable bonds is 0. The van der Waals surface area contributed by atoms with Crippen molar-refractivity contribution >= 4 is 23.3 Å². The predicted octanol–water partition coefficient (Wildman–Crippen LogP) is 0.756. The summed E-state index contributed by atoms with van der Waals surface area (Å²) in [6, 6.07) is 0. The van der Waals surface area contributed by atoms with Gasteiger partial charge < -0.3 is 0 Å². The maximum Gasteiger partial charge on any atom is 0 e. The largest absolute Gasteiger partial charge is 0.115 e. The van der Waals surface area contributed by atoms with Crippen molar-refractivity contribution in [3.8, 4) is 0 Å². The Bertz CT molecular complexity index is 4.00. The van der Waals surface area contributed by atoms with E-state index in [-0.39, 0.29) is 43.4 Å². The zero-order valence-electron chi connectivity index (χ0n) is 1.89. The van der Waals surface area contributed by atoms with Crippen LogP contribution in [0.5, 0.6) is 0 Å². The third-order valence-electron chi connectivity index (χ3n) is 0. The zero-order chi connectivity index (χ0) is 2.00. The van der Waals surface area contributed by atoms with E-state index in [1.807, 2.05) is 0 Å². The smallest absolute Gasteiger partial charge is 0 e. The summed E-state index contributed by atoms with van der Waals surface area (Å²) in [5, 5.41) is 0. The van der Waals surface area contributed by atoms with E-state index in [2.05, 4.69) is 23.3 Å². The third-order valence-corrected chi connectivity index (χ3v) is 0. The van der Waals surface area contributed by atoms with Crippen molar-refractivity contribution < 1.29 is 43.4 Å². The van der Waals surface area contributed by atoms with Gasteiger partial charge in [0.25, 0.3) is 0 Å². The van der Waals surface area contributed by atoms with Crippen LogP contribution in [0.4, 0.5) is 0 Å². The molecule has 4 heteroatoms. The molecule has 0 aliphatic heterocycles. The van der Waals surface area contributed by atoms with Gasteiger partial charge in [0.05, 0.1) is 0 Å². The maximum absolute atomic E-state index is 3.22. The molecule has 0 aromatic rings. The van der Waals surface area contributed by atoms with E-state index in [4.69, 9.17) is 0 Å². The summed E-state index contributed by atoms with van der Waals surface area (Å²) >= 11 is 6.44. The van der Waals surface area contributed by atoms with Crippen LogP contribution in [0.15, 0.2) is 0 Å². The van der Waals surface area contributed by atoms with Gasteiger partial charge in [0.2, 0.25) is 0 Å². The van der Waals surface area contributed by atoms with Crippen LogP contribution in [0.25, 0.3) is 0 Å². The zero-order valence-corrected chi connectivity index (χ0v) is 6.81. The molecule has 0 N–H and O–H groups in total. The maximum atomic E-state index is 3.22. The topological polar surface area (TPSA) is 0 Å². The molecule has 0 aliphatic rings. The Balaban J connectivity index is -0.00000000500. The van der Waals surface area contributed by atoms with Crippen LogP contribution in [0.3, 0.4) is 0 Å². The van der Waals surface area contributed by atoms with Crippen molar-refractivity contribution in [1.29, 1.82) is 0 Å². The molecule has 0 radical (unpaired) electrons. The molecule has 0 spiro atoms. The number of hydrogen-bond acceptors (Lipinski definition) is 2. The molecular formula is H2S2Ti2. The molecule has 0 amide bonds. The first-order chi connectivity index (χ1) is 1.00. The molecule has 0 unspecified atom stereocenters. The molecule has 0 aromatic carbocycles. The molecule has 0 saturated carbocycles. The number of thiol groups is 2. The second-order valence-electron chi connectivity index (χ2n) is 0. The molecule has 0 fully saturated rings. The van der Waals surface area contributed by atoms with Gasteiger partial charge in [-0.25, -0.2) is 0 Å². The van der Waals surface area contributed by atoms with Crippen molar-refractivity contribution in [1.82, 2.24) is 0 Å². The van der Waals surface area contributed by atoms with Gasteiger partial charge in [-0.2, -0.15) is 0 Å². The normalized spacial score (nSPS) is 1.50.